The summed E-state index contributed by atoms with van der Waals surface area (Å²) in [5, 5.41) is 0. The maximum absolute atomic E-state index is 7.90. The summed E-state index contributed by atoms with van der Waals surface area (Å²) in [7, 11) is 0. The highest BCUT2D eigenvalue weighted by molar-refractivity contribution is 5.41. The Morgan fingerprint density at radius 2 is 1.28 bits per heavy atom. The molecule has 0 aliphatic carbocycles. The molecule has 2 saturated heterocycles. The van der Waals surface area contributed by atoms with Crippen molar-refractivity contribution >= 4 is 0 Å². The Hall–Kier alpha value is -2.04. The highest BCUT2D eigenvalue weighted by Crippen LogP contribution is 2.33. The lowest BCUT2D eigenvalue weighted by Gasteiger charge is -2.26. The summed E-state index contributed by atoms with van der Waals surface area (Å²) in [5.74, 6) is 0.204. The van der Waals surface area contributed by atoms with Gasteiger partial charge in [0.25, 0.3) is 0 Å². The fourth-order valence-electron chi connectivity index (χ4n) is 2.39. The van der Waals surface area contributed by atoms with Crippen LogP contribution in [0.2, 0.25) is 0 Å². The number of benzene rings is 2. The van der Waals surface area contributed by atoms with Crippen LogP contribution in [0.5, 0.6) is 11.5 Å². The Labute approximate surface area is 162 Å². The molecule has 2 fully saturated rings. The Bertz CT molecular complexity index is 1030. The van der Waals surface area contributed by atoms with Crippen LogP contribution in [0, 0.1) is 0 Å². The van der Waals surface area contributed by atoms with E-state index in [1.54, 1.807) is 24.3 Å². The van der Waals surface area contributed by atoms with Crippen molar-refractivity contribution in [2.24, 2.45) is 0 Å². The molecule has 0 saturated carbocycles. The molecule has 4 rings (SSSR count). The first-order chi connectivity index (χ1) is 15.8. The fraction of sp³-hybridized carbons (Fsp3) is 0.429. The van der Waals surface area contributed by atoms with E-state index < -0.39 is 43.8 Å². The molecule has 132 valence electrons. The molecule has 2 aromatic carbocycles. The summed E-state index contributed by atoms with van der Waals surface area (Å²) >= 11 is 0. The lowest BCUT2D eigenvalue weighted by Crippen LogP contribution is -2.18. The summed E-state index contributed by atoms with van der Waals surface area (Å²) in [6, 6.07) is 12.9. The third kappa shape index (κ3) is 4.14. The molecule has 2 atom stereocenters. The lowest BCUT2D eigenvalue weighted by molar-refractivity contribution is 0.263. The molecule has 0 radical (unpaired) electrons. The van der Waals surface area contributed by atoms with Crippen LogP contribution in [0.3, 0.4) is 0 Å². The van der Waals surface area contributed by atoms with Crippen molar-refractivity contribution in [2.75, 3.05) is 26.2 Å². The standard InChI is InChI=1S/C21H24O4/c1-21(2,15-3-7-17(8-4-15)22-11-19-13-24-19)16-5-9-18(10-6-16)23-12-20-14-25-20/h3-10,19-20H,11-14H2,1-2H3/i11D2,12D2,13D2,14D2,19D,20D. The summed E-state index contributed by atoms with van der Waals surface area (Å²) in [6.45, 7) is -6.42. The number of epoxide rings is 2. The summed E-state index contributed by atoms with van der Waals surface area (Å²) in [6.07, 6.45) is -4.91. The molecule has 25 heavy (non-hydrogen) atoms. The average Bonchev–Trinajstić information content (AvgIpc) is 3.48. The van der Waals surface area contributed by atoms with E-state index in [-0.39, 0.29) is 11.5 Å². The number of rotatable bonds is 8. The van der Waals surface area contributed by atoms with Crippen molar-refractivity contribution < 1.29 is 32.7 Å². The zero-order valence-corrected chi connectivity index (χ0v) is 13.8. The van der Waals surface area contributed by atoms with Crippen molar-refractivity contribution in [1.82, 2.24) is 0 Å². The van der Waals surface area contributed by atoms with Gasteiger partial charge in [-0.15, -0.1) is 0 Å². The van der Waals surface area contributed by atoms with E-state index in [0.29, 0.717) is 0 Å². The van der Waals surface area contributed by atoms with Gasteiger partial charge in [-0.25, -0.2) is 0 Å². The van der Waals surface area contributed by atoms with E-state index in [9.17, 15) is 0 Å². The third-order valence-corrected chi connectivity index (χ3v) is 4.08. The second-order valence-corrected chi connectivity index (χ2v) is 6.15. The lowest BCUT2D eigenvalue weighted by atomic mass is 9.78. The van der Waals surface area contributed by atoms with Gasteiger partial charge in [0, 0.05) is 5.41 Å². The Morgan fingerprint density at radius 1 is 0.920 bits per heavy atom. The second-order valence-electron chi connectivity index (χ2n) is 6.15. The first kappa shape index (κ1) is 8.56. The van der Waals surface area contributed by atoms with Gasteiger partial charge in [0.1, 0.15) is 36.8 Å². The molecule has 0 amide bonds. The van der Waals surface area contributed by atoms with Crippen LogP contribution in [0.4, 0.5) is 0 Å². The smallest absolute Gasteiger partial charge is 0.119 e. The quantitative estimate of drug-likeness (QED) is 0.683. The van der Waals surface area contributed by atoms with Crippen LogP contribution in [0.1, 0.15) is 38.7 Å². The fourth-order valence-corrected chi connectivity index (χ4v) is 2.39. The molecule has 2 unspecified atom stereocenters. The molecule has 2 heterocycles. The largest absolute Gasteiger partial charge is 0.491 e. The summed E-state index contributed by atoms with van der Waals surface area (Å²) in [5.41, 5.74) is 1.12. The molecular formula is C21H24O4. The van der Waals surface area contributed by atoms with Crippen LogP contribution >= 0.6 is 0 Å². The maximum atomic E-state index is 7.90. The topological polar surface area (TPSA) is 43.5 Å². The van der Waals surface area contributed by atoms with Gasteiger partial charge in [-0.05, 0) is 35.4 Å². The first-order valence-corrected chi connectivity index (χ1v) is 7.78. The van der Waals surface area contributed by atoms with Crippen molar-refractivity contribution in [1.29, 1.82) is 0 Å². The van der Waals surface area contributed by atoms with Crippen molar-refractivity contribution in [3.8, 4) is 11.5 Å². The zero-order valence-electron chi connectivity index (χ0n) is 23.8. The Kier molecular flexibility index (Phi) is 2.29. The number of ether oxygens (including phenoxy) is 4. The van der Waals surface area contributed by atoms with Crippen molar-refractivity contribution in [2.45, 2.75) is 31.4 Å². The molecule has 2 aromatic rings. The number of hydrogen-bond acceptors (Lipinski definition) is 4. The zero-order chi connectivity index (χ0) is 26.3. The van der Waals surface area contributed by atoms with Gasteiger partial charge >= 0.3 is 0 Å². The van der Waals surface area contributed by atoms with Crippen LogP contribution in [0.15, 0.2) is 48.5 Å². The van der Waals surface area contributed by atoms with Crippen molar-refractivity contribution in [3.05, 3.63) is 59.7 Å². The molecule has 2 aliphatic rings. The summed E-state index contributed by atoms with van der Waals surface area (Å²) in [4.78, 5) is 0. The van der Waals surface area contributed by atoms with Gasteiger partial charge in [-0.1, -0.05) is 38.1 Å². The van der Waals surface area contributed by atoms with Crippen molar-refractivity contribution in [3.63, 3.8) is 0 Å². The van der Waals surface area contributed by atoms with E-state index in [0.717, 1.165) is 11.1 Å². The van der Waals surface area contributed by atoms with E-state index >= 15 is 0 Å². The van der Waals surface area contributed by atoms with E-state index in [4.69, 9.17) is 23.2 Å². The normalized spacial score (nSPS) is 38.6. The predicted octanol–water partition coefficient (Wildman–Crippen LogP) is 3.57. The van der Waals surface area contributed by atoms with Crippen LogP contribution < -0.4 is 9.47 Å². The minimum absolute atomic E-state index is 0.102. The van der Waals surface area contributed by atoms with E-state index in [1.165, 1.54) is 24.3 Å². The van der Waals surface area contributed by atoms with E-state index in [2.05, 4.69) is 9.47 Å². The molecule has 4 nitrogen and oxygen atoms in total. The summed E-state index contributed by atoms with van der Waals surface area (Å²) < 4.78 is 96.5. The van der Waals surface area contributed by atoms with Gasteiger partial charge in [0.2, 0.25) is 0 Å². The molecule has 0 bridgehead atoms. The maximum Gasteiger partial charge on any atom is 0.119 e. The van der Waals surface area contributed by atoms with Crippen LogP contribution in [-0.2, 0) is 14.9 Å². The minimum atomic E-state index is -2.71. The highest BCUT2D eigenvalue weighted by atomic mass is 16.6. The van der Waals surface area contributed by atoms with Gasteiger partial charge < -0.3 is 18.9 Å². The number of hydrogen-bond donors (Lipinski definition) is 0. The molecule has 2 aliphatic heterocycles. The van der Waals surface area contributed by atoms with Gasteiger partial charge in [0.05, 0.1) is 26.8 Å². The predicted molar refractivity (Wildman–Crippen MR) is 95.5 cm³/mol. The molecule has 0 N–H and O–H groups in total. The first-order valence-electron chi connectivity index (χ1n) is 12.8. The minimum Gasteiger partial charge on any atom is -0.491 e. The molecule has 0 aromatic heterocycles. The SMILES string of the molecule is [2H]C([2H])(Oc1ccc(C(C)(C)c2ccc(OC([2H])([2H])C3([2H])OC3([2H])[2H])cc2)cc1)C1([2H])OC1([2H])[2H]. The van der Waals surface area contributed by atoms with Crippen LogP contribution in [0.25, 0.3) is 0 Å². The Balaban J connectivity index is 1.46. The monoisotopic (exact) mass is 350 g/mol. The van der Waals surface area contributed by atoms with Gasteiger partial charge in [0.15, 0.2) is 0 Å². The molecular weight excluding hydrogens is 316 g/mol. The van der Waals surface area contributed by atoms with E-state index in [1.807, 2.05) is 13.8 Å². The van der Waals surface area contributed by atoms with Gasteiger partial charge in [-0.2, -0.15) is 0 Å². The second kappa shape index (κ2) is 6.70. The molecule has 4 heteroatoms. The Morgan fingerprint density at radius 3 is 1.60 bits per heavy atom. The third-order valence-electron chi connectivity index (χ3n) is 4.08. The molecule has 0 spiro atoms. The van der Waals surface area contributed by atoms with Crippen LogP contribution in [-0.4, -0.2) is 38.4 Å². The van der Waals surface area contributed by atoms with Gasteiger partial charge in [-0.3, -0.25) is 0 Å². The highest BCUT2D eigenvalue weighted by Gasteiger charge is 2.25. The average molecular weight is 350 g/mol.